The first-order chi connectivity index (χ1) is 38.2. The topological polar surface area (TPSA) is 147 Å². The van der Waals surface area contributed by atoms with Crippen LogP contribution >= 0.6 is 0 Å². The van der Waals surface area contributed by atoms with Crippen LogP contribution in [-0.2, 0) is 37.2 Å². The van der Waals surface area contributed by atoms with E-state index in [-0.39, 0.29) is 0 Å². The number of benzene rings is 4. The molecular weight excluding hydrogens is 953 g/mol. The third-order valence-corrected chi connectivity index (χ3v) is 12.3. The van der Waals surface area contributed by atoms with Crippen LogP contribution in [0.1, 0.15) is 34.2 Å². The lowest BCUT2D eigenvalue weighted by atomic mass is 10.1. The van der Waals surface area contributed by atoms with Gasteiger partial charge in [0.25, 0.3) is 0 Å². The summed E-state index contributed by atoms with van der Waals surface area (Å²) in [5, 5.41) is 6.72. The van der Waals surface area contributed by atoms with Crippen molar-refractivity contribution in [3.05, 3.63) is 285 Å². The number of fused-ring (bicyclic) bond motifs is 8. The van der Waals surface area contributed by atoms with E-state index in [2.05, 4.69) is 92.3 Å². The monoisotopic (exact) mass is 1010 g/mol. The molecule has 9 aromatic heterocycles. The molecule has 12 nitrogen and oxygen atoms in total. The molecule has 2 aliphatic heterocycles. The predicted octanol–water partition coefficient (Wildman–Crippen LogP) is 13.7. The highest BCUT2D eigenvalue weighted by atomic mass is 16.5. The van der Waals surface area contributed by atoms with Crippen molar-refractivity contribution in [2.75, 3.05) is 6.61 Å². The van der Waals surface area contributed by atoms with Gasteiger partial charge in [-0.1, -0.05) is 97.1 Å². The minimum absolute atomic E-state index is 0.802. The third-order valence-electron chi connectivity index (χ3n) is 12.3. The molecule has 0 radical (unpaired) electrons. The zero-order valence-electron chi connectivity index (χ0n) is 42.5. The molecule has 13 aromatic rings. The Morgan fingerprint density at radius 3 is 1.31 bits per heavy atom. The van der Waals surface area contributed by atoms with Gasteiger partial charge < -0.3 is 9.47 Å². The van der Waals surface area contributed by atoms with Crippen LogP contribution in [0, 0.1) is 0 Å². The first-order valence-corrected chi connectivity index (χ1v) is 25.4. The van der Waals surface area contributed by atoms with Gasteiger partial charge in [0, 0.05) is 102 Å². The van der Waals surface area contributed by atoms with Crippen molar-refractivity contribution < 1.29 is 9.47 Å². The Labute approximate surface area is 447 Å². The molecule has 0 amide bonds. The average Bonchev–Trinajstić information content (AvgIpc) is 4.33. The molecule has 0 N–H and O–H groups in total. The van der Waals surface area contributed by atoms with Gasteiger partial charge in [0.1, 0.15) is 12.1 Å². The summed E-state index contributed by atoms with van der Waals surface area (Å²) in [5.74, 6) is 1.07. The van der Waals surface area contributed by atoms with E-state index in [1.807, 2.05) is 146 Å². The van der Waals surface area contributed by atoms with Gasteiger partial charge in [-0.15, -0.1) is 0 Å². The molecule has 77 heavy (non-hydrogen) atoms. The molecule has 0 bridgehead atoms. The molecule has 378 valence electrons. The summed E-state index contributed by atoms with van der Waals surface area (Å²) >= 11 is 0. The second-order valence-corrected chi connectivity index (χ2v) is 17.5. The number of pyridine rings is 8. The maximum absolute atomic E-state index is 5.30. The Kier molecular flexibility index (Phi) is 19.4. The van der Waals surface area contributed by atoms with Gasteiger partial charge in [0.05, 0.1) is 48.8 Å². The molecule has 0 fully saturated rings. The van der Waals surface area contributed by atoms with Crippen LogP contribution in [0.2, 0.25) is 0 Å². The summed E-state index contributed by atoms with van der Waals surface area (Å²) in [6, 6.07) is 56.7. The van der Waals surface area contributed by atoms with Crippen molar-refractivity contribution in [3.8, 4) is 5.75 Å². The molecule has 0 unspecified atom stereocenters. The van der Waals surface area contributed by atoms with Crippen molar-refractivity contribution in [2.24, 2.45) is 0 Å². The number of hydrogen-bond acceptors (Lipinski definition) is 12. The van der Waals surface area contributed by atoms with E-state index >= 15 is 0 Å². The summed E-state index contributed by atoms with van der Waals surface area (Å²) in [5.41, 5.74) is 10.9. The Morgan fingerprint density at radius 1 is 0.299 bits per heavy atom. The fourth-order valence-corrected chi connectivity index (χ4v) is 8.33. The summed E-state index contributed by atoms with van der Waals surface area (Å²) in [7, 11) is 0. The Balaban J connectivity index is 0.000000107. The van der Waals surface area contributed by atoms with Crippen LogP contribution in [0.5, 0.6) is 5.75 Å². The lowest BCUT2D eigenvalue weighted by Crippen LogP contribution is -1.85. The van der Waals surface area contributed by atoms with E-state index in [4.69, 9.17) is 9.47 Å². The van der Waals surface area contributed by atoms with E-state index in [0.717, 1.165) is 81.1 Å². The summed E-state index contributed by atoms with van der Waals surface area (Å²) in [6.45, 7) is 2.46. The second kappa shape index (κ2) is 28.6. The van der Waals surface area contributed by atoms with Gasteiger partial charge in [0.15, 0.2) is 5.65 Å². The third kappa shape index (κ3) is 15.9. The van der Waals surface area contributed by atoms with Crippen molar-refractivity contribution in [2.45, 2.75) is 38.9 Å². The fraction of sp³-hybridized carbons (Fsp3) is 0.108. The van der Waals surface area contributed by atoms with E-state index in [1.54, 1.807) is 79.4 Å². The number of aryl methyl sites for hydroxylation is 2. The fourth-order valence-electron chi connectivity index (χ4n) is 8.33. The normalized spacial score (nSPS) is 11.8. The maximum atomic E-state index is 5.30. The number of para-hydroxylation sites is 2. The second-order valence-electron chi connectivity index (χ2n) is 17.5. The molecule has 3 aliphatic rings. The van der Waals surface area contributed by atoms with Crippen molar-refractivity contribution in [1.29, 1.82) is 0 Å². The molecule has 1 aliphatic carbocycles. The van der Waals surface area contributed by atoms with Crippen LogP contribution in [0.25, 0.3) is 54.5 Å². The highest BCUT2D eigenvalue weighted by molar-refractivity contribution is 5.80. The molecule has 11 heterocycles. The quantitative estimate of drug-likeness (QED) is 0.142. The number of nitrogens with zero attached hydrogens (tertiary/aromatic N) is 10. The van der Waals surface area contributed by atoms with Crippen molar-refractivity contribution in [1.82, 2.24) is 49.8 Å². The first-order valence-electron chi connectivity index (χ1n) is 25.4. The predicted molar refractivity (Wildman–Crippen MR) is 307 cm³/mol. The van der Waals surface area contributed by atoms with Gasteiger partial charge in [-0.25, -0.2) is 19.9 Å². The lowest BCUT2D eigenvalue weighted by molar-refractivity contribution is 0.134. The van der Waals surface area contributed by atoms with Crippen molar-refractivity contribution >= 4 is 54.5 Å². The standard InChI is InChI=1S/C9H10.5C8H6N2.2C8H8O/c1-2-5-9-7-3-6-8(9)4-1;1-3-9-5-8-6-10-4-2-7(1)8;1-3-7-4-2-6-10-8(7)9-5-1;2*1-2-7-3-5-9-6-8(7)10-4-1;1-2-4-8-7(3-1)5-9-6-10-8;1-2-4-8-6-9-5-7(8)3-1;1-2-4-8-7(3-1)5-6-9-8/h1-2,4-5H,3,6-7H2;5*1-6H;2*1-4H,5-6H2. The minimum atomic E-state index is 0.802. The van der Waals surface area contributed by atoms with Crippen LogP contribution in [0.15, 0.2) is 257 Å². The molecule has 0 saturated heterocycles. The van der Waals surface area contributed by atoms with E-state index < -0.39 is 0 Å². The van der Waals surface area contributed by atoms with E-state index in [1.165, 1.54) is 41.3 Å². The molecule has 0 spiro atoms. The number of ether oxygens (including phenoxy) is 2. The Morgan fingerprint density at radius 2 is 0.766 bits per heavy atom. The molecule has 0 atom stereocenters. The summed E-state index contributed by atoms with van der Waals surface area (Å²) < 4.78 is 10.5. The van der Waals surface area contributed by atoms with E-state index in [0.29, 0.717) is 0 Å². The van der Waals surface area contributed by atoms with Crippen LogP contribution in [-0.4, -0.2) is 56.4 Å². The summed E-state index contributed by atoms with van der Waals surface area (Å²) in [4.78, 5) is 40.2. The smallest absolute Gasteiger partial charge is 0.159 e. The molecule has 16 rings (SSSR count). The zero-order valence-corrected chi connectivity index (χ0v) is 42.5. The lowest BCUT2D eigenvalue weighted by Gasteiger charge is -1.93. The van der Waals surface area contributed by atoms with Gasteiger partial charge >= 0.3 is 0 Å². The van der Waals surface area contributed by atoms with Gasteiger partial charge in [0.2, 0.25) is 0 Å². The molecular formula is C65H56N10O2. The van der Waals surface area contributed by atoms with Gasteiger partial charge in [-0.2, -0.15) is 0 Å². The van der Waals surface area contributed by atoms with Gasteiger partial charge in [-0.3, -0.25) is 29.9 Å². The average molecular weight is 1010 g/mol. The van der Waals surface area contributed by atoms with Crippen LogP contribution < -0.4 is 4.74 Å². The molecule has 4 aromatic carbocycles. The first kappa shape index (κ1) is 52.1. The van der Waals surface area contributed by atoms with Crippen LogP contribution in [0.3, 0.4) is 0 Å². The largest absolute Gasteiger partial charge is 0.493 e. The van der Waals surface area contributed by atoms with Gasteiger partial charge in [-0.05, 0) is 125 Å². The number of hydrogen-bond donors (Lipinski definition) is 0. The van der Waals surface area contributed by atoms with Crippen LogP contribution in [0.4, 0.5) is 0 Å². The number of aromatic nitrogens is 10. The number of rotatable bonds is 0. The maximum Gasteiger partial charge on any atom is 0.159 e. The Bertz CT molecular complexity index is 2950. The molecule has 0 saturated carbocycles. The summed E-state index contributed by atoms with van der Waals surface area (Å²) in [6.07, 6.45) is 29.7. The van der Waals surface area contributed by atoms with E-state index in [9.17, 15) is 0 Å². The Hall–Kier alpha value is -9.78. The highest BCUT2D eigenvalue weighted by Crippen LogP contribution is 2.24. The zero-order chi connectivity index (χ0) is 52.4. The van der Waals surface area contributed by atoms with Crippen molar-refractivity contribution in [3.63, 3.8) is 0 Å². The highest BCUT2D eigenvalue weighted by Gasteiger charge is 2.09. The molecule has 12 heteroatoms. The minimum Gasteiger partial charge on any atom is -0.493 e. The SMILES string of the molecule is c1cc2ccncc2cn1.c1ccc2c(c1)CCC2.c1ccc2c(c1)CCO2.c1ccc2c(c1)COC2.c1ccc2ncncc2c1.c1cnc2cnccc2c1.c1cnc2cnccc2c1.c1cnc2ncccc2c1.